The van der Waals surface area contributed by atoms with Gasteiger partial charge in [0.1, 0.15) is 0 Å². The summed E-state index contributed by atoms with van der Waals surface area (Å²) in [5.41, 5.74) is 2.60. The maximum atomic E-state index is 12.4. The van der Waals surface area contributed by atoms with Crippen LogP contribution in [-0.4, -0.2) is 20.0 Å². The number of hydrogen-bond acceptors (Lipinski definition) is 3. The van der Waals surface area contributed by atoms with Crippen molar-refractivity contribution in [1.82, 2.24) is 0 Å². The molecule has 21 heavy (non-hydrogen) atoms. The average Bonchev–Trinajstić information content (AvgIpc) is 2.49. The van der Waals surface area contributed by atoms with Crippen LogP contribution in [0.4, 0.5) is 0 Å². The van der Waals surface area contributed by atoms with E-state index in [-0.39, 0.29) is 5.78 Å². The number of carbonyl (C=O) groups is 1. The van der Waals surface area contributed by atoms with Crippen LogP contribution in [0.25, 0.3) is 0 Å². The van der Waals surface area contributed by atoms with E-state index in [0.717, 1.165) is 21.2 Å². The van der Waals surface area contributed by atoms with Crippen molar-refractivity contribution in [2.75, 3.05) is 14.2 Å². The third-order valence-corrected chi connectivity index (χ3v) is 4.24. The summed E-state index contributed by atoms with van der Waals surface area (Å²) < 4.78 is 11.4. The van der Waals surface area contributed by atoms with Crippen LogP contribution < -0.4 is 9.47 Å². The SMILES string of the molecule is COc1ccc(CC(=O)c2cccc(Br)c2C)cc1OC. The molecule has 0 bridgehead atoms. The summed E-state index contributed by atoms with van der Waals surface area (Å²) in [4.78, 5) is 12.4. The Kier molecular flexibility index (Phi) is 5.02. The minimum Gasteiger partial charge on any atom is -0.493 e. The van der Waals surface area contributed by atoms with Crippen molar-refractivity contribution >= 4 is 21.7 Å². The van der Waals surface area contributed by atoms with Crippen LogP contribution in [0.5, 0.6) is 11.5 Å². The van der Waals surface area contributed by atoms with Gasteiger partial charge in [0.25, 0.3) is 0 Å². The van der Waals surface area contributed by atoms with Gasteiger partial charge in [-0.1, -0.05) is 34.1 Å². The average molecular weight is 349 g/mol. The van der Waals surface area contributed by atoms with E-state index in [1.54, 1.807) is 14.2 Å². The second-order valence-corrected chi connectivity index (χ2v) is 5.56. The molecule has 0 saturated carbocycles. The van der Waals surface area contributed by atoms with Crippen molar-refractivity contribution in [3.05, 3.63) is 57.6 Å². The third-order valence-electron chi connectivity index (χ3n) is 3.38. The maximum absolute atomic E-state index is 12.4. The van der Waals surface area contributed by atoms with Gasteiger partial charge in [-0.3, -0.25) is 4.79 Å². The van der Waals surface area contributed by atoms with Crippen LogP contribution in [0, 0.1) is 6.92 Å². The number of carbonyl (C=O) groups excluding carboxylic acids is 1. The fourth-order valence-corrected chi connectivity index (χ4v) is 2.55. The first-order chi connectivity index (χ1) is 10.1. The van der Waals surface area contributed by atoms with Gasteiger partial charge in [-0.05, 0) is 36.2 Å². The Morgan fingerprint density at radius 1 is 1.10 bits per heavy atom. The summed E-state index contributed by atoms with van der Waals surface area (Å²) in [5, 5.41) is 0. The minimum atomic E-state index is 0.0843. The minimum absolute atomic E-state index is 0.0843. The van der Waals surface area contributed by atoms with Crippen LogP contribution >= 0.6 is 15.9 Å². The molecule has 110 valence electrons. The van der Waals surface area contributed by atoms with Crippen LogP contribution in [0.15, 0.2) is 40.9 Å². The molecule has 0 spiro atoms. The highest BCUT2D eigenvalue weighted by molar-refractivity contribution is 9.10. The number of rotatable bonds is 5. The summed E-state index contributed by atoms with van der Waals surface area (Å²) in [6, 6.07) is 11.2. The molecule has 0 atom stereocenters. The van der Waals surface area contributed by atoms with Gasteiger partial charge in [0, 0.05) is 16.5 Å². The van der Waals surface area contributed by atoms with Gasteiger partial charge >= 0.3 is 0 Å². The topological polar surface area (TPSA) is 35.5 Å². The van der Waals surface area contributed by atoms with Crippen molar-refractivity contribution in [2.45, 2.75) is 13.3 Å². The lowest BCUT2D eigenvalue weighted by Gasteiger charge is -2.10. The van der Waals surface area contributed by atoms with Crippen LogP contribution in [0.1, 0.15) is 21.5 Å². The highest BCUT2D eigenvalue weighted by Gasteiger charge is 2.13. The summed E-state index contributed by atoms with van der Waals surface area (Å²) in [5.74, 6) is 1.38. The Morgan fingerprint density at radius 3 is 2.48 bits per heavy atom. The zero-order valence-electron chi connectivity index (χ0n) is 12.3. The van der Waals surface area contributed by atoms with Gasteiger partial charge < -0.3 is 9.47 Å². The Bertz CT molecular complexity index is 665. The van der Waals surface area contributed by atoms with Gasteiger partial charge in [0.15, 0.2) is 17.3 Å². The lowest BCUT2D eigenvalue weighted by molar-refractivity contribution is 0.0992. The Hall–Kier alpha value is -1.81. The molecule has 0 radical (unpaired) electrons. The summed E-state index contributed by atoms with van der Waals surface area (Å²) in [6.45, 7) is 1.94. The molecule has 0 aliphatic carbocycles. The molecule has 0 N–H and O–H groups in total. The van der Waals surface area contributed by atoms with Gasteiger partial charge in [0.2, 0.25) is 0 Å². The lowest BCUT2D eigenvalue weighted by atomic mass is 9.99. The van der Waals surface area contributed by atoms with E-state index in [9.17, 15) is 4.79 Å². The lowest BCUT2D eigenvalue weighted by Crippen LogP contribution is -2.06. The Morgan fingerprint density at radius 2 is 1.81 bits per heavy atom. The molecule has 2 aromatic carbocycles. The second kappa shape index (κ2) is 6.76. The normalized spacial score (nSPS) is 10.3. The number of ketones is 1. The second-order valence-electron chi connectivity index (χ2n) is 4.70. The number of methoxy groups -OCH3 is 2. The molecule has 2 rings (SSSR count). The molecular weight excluding hydrogens is 332 g/mol. The monoisotopic (exact) mass is 348 g/mol. The quantitative estimate of drug-likeness (QED) is 0.759. The van der Waals surface area contributed by atoms with Crippen molar-refractivity contribution < 1.29 is 14.3 Å². The Labute approximate surface area is 133 Å². The van der Waals surface area contributed by atoms with Gasteiger partial charge in [-0.2, -0.15) is 0 Å². The molecule has 2 aromatic rings. The number of hydrogen-bond donors (Lipinski definition) is 0. The first kappa shape index (κ1) is 15.6. The van der Waals surface area contributed by atoms with Crippen LogP contribution in [0.2, 0.25) is 0 Å². The van der Waals surface area contributed by atoms with E-state index in [1.807, 2.05) is 43.3 Å². The van der Waals surface area contributed by atoms with E-state index in [1.165, 1.54) is 0 Å². The molecule has 0 amide bonds. The van der Waals surface area contributed by atoms with E-state index >= 15 is 0 Å². The van der Waals surface area contributed by atoms with E-state index < -0.39 is 0 Å². The van der Waals surface area contributed by atoms with Crippen LogP contribution in [-0.2, 0) is 6.42 Å². The third kappa shape index (κ3) is 3.45. The van der Waals surface area contributed by atoms with Crippen molar-refractivity contribution in [2.24, 2.45) is 0 Å². The number of ether oxygens (including phenoxy) is 2. The molecule has 0 fully saturated rings. The van der Waals surface area contributed by atoms with E-state index in [2.05, 4.69) is 15.9 Å². The first-order valence-corrected chi connectivity index (χ1v) is 7.35. The molecule has 0 saturated heterocycles. The van der Waals surface area contributed by atoms with Gasteiger partial charge in [-0.25, -0.2) is 0 Å². The van der Waals surface area contributed by atoms with Crippen molar-refractivity contribution in [3.63, 3.8) is 0 Å². The van der Waals surface area contributed by atoms with Crippen molar-refractivity contribution in [1.29, 1.82) is 0 Å². The van der Waals surface area contributed by atoms with Crippen molar-refractivity contribution in [3.8, 4) is 11.5 Å². The smallest absolute Gasteiger partial charge is 0.167 e. The highest BCUT2D eigenvalue weighted by Crippen LogP contribution is 2.28. The molecule has 0 aromatic heterocycles. The fourth-order valence-electron chi connectivity index (χ4n) is 2.18. The standard InChI is InChI=1S/C17H17BrO3/c1-11-13(5-4-6-14(11)18)15(19)9-12-7-8-16(20-2)17(10-12)21-3/h4-8,10H,9H2,1-3H3. The summed E-state index contributed by atoms with van der Waals surface area (Å²) in [7, 11) is 3.18. The summed E-state index contributed by atoms with van der Waals surface area (Å²) >= 11 is 3.45. The number of Topliss-reactive ketones (excluding diaryl/α,β-unsaturated/α-hetero) is 1. The van der Waals surface area contributed by atoms with E-state index in [0.29, 0.717) is 17.9 Å². The predicted molar refractivity (Wildman–Crippen MR) is 86.5 cm³/mol. The number of benzene rings is 2. The molecule has 0 heterocycles. The molecule has 0 unspecified atom stereocenters. The zero-order chi connectivity index (χ0) is 15.4. The van der Waals surface area contributed by atoms with Gasteiger partial charge in [0.05, 0.1) is 14.2 Å². The molecule has 3 nitrogen and oxygen atoms in total. The predicted octanol–water partition coefficient (Wildman–Crippen LogP) is 4.20. The molecule has 0 aliphatic heterocycles. The maximum Gasteiger partial charge on any atom is 0.167 e. The largest absolute Gasteiger partial charge is 0.493 e. The Balaban J connectivity index is 2.25. The first-order valence-electron chi connectivity index (χ1n) is 6.56. The zero-order valence-corrected chi connectivity index (χ0v) is 13.9. The molecule has 4 heteroatoms. The summed E-state index contributed by atoms with van der Waals surface area (Å²) in [6.07, 6.45) is 0.331. The molecular formula is C17H17BrO3. The fraction of sp³-hybridized carbons (Fsp3) is 0.235. The molecule has 0 aliphatic rings. The van der Waals surface area contributed by atoms with Gasteiger partial charge in [-0.15, -0.1) is 0 Å². The van der Waals surface area contributed by atoms with Crippen LogP contribution in [0.3, 0.4) is 0 Å². The highest BCUT2D eigenvalue weighted by atomic mass is 79.9. The number of halogens is 1. The van der Waals surface area contributed by atoms with E-state index in [4.69, 9.17) is 9.47 Å².